The van der Waals surface area contributed by atoms with Gasteiger partial charge in [0.25, 0.3) is 0 Å². The molecule has 0 aliphatic carbocycles. The highest BCUT2D eigenvalue weighted by Gasteiger charge is 2.12. The molecule has 25 heavy (non-hydrogen) atoms. The summed E-state index contributed by atoms with van der Waals surface area (Å²) in [5, 5.41) is 15.5. The number of rotatable bonds is 6. The summed E-state index contributed by atoms with van der Waals surface area (Å²) < 4.78 is 5.32. The Morgan fingerprint density at radius 3 is 2.52 bits per heavy atom. The van der Waals surface area contributed by atoms with Gasteiger partial charge in [-0.05, 0) is 55.5 Å². The number of aliphatic carboxylic acids is 1. The van der Waals surface area contributed by atoms with E-state index in [0.29, 0.717) is 10.8 Å². The lowest BCUT2D eigenvalue weighted by molar-refractivity contribution is -0.144. The van der Waals surface area contributed by atoms with E-state index in [4.69, 9.17) is 21.4 Å². The highest BCUT2D eigenvalue weighted by Crippen LogP contribution is 2.28. The van der Waals surface area contributed by atoms with E-state index in [2.05, 4.69) is 10.3 Å². The number of ether oxygens (including phenoxy) is 1. The van der Waals surface area contributed by atoms with Gasteiger partial charge in [-0.2, -0.15) is 0 Å². The van der Waals surface area contributed by atoms with Crippen LogP contribution in [0.15, 0.2) is 53.9 Å². The first-order valence-electron chi connectivity index (χ1n) is 7.49. The Hall–Kier alpha value is -2.57. The van der Waals surface area contributed by atoms with Gasteiger partial charge in [-0.1, -0.05) is 11.6 Å². The van der Waals surface area contributed by atoms with E-state index in [-0.39, 0.29) is 0 Å². The highest BCUT2D eigenvalue weighted by molar-refractivity contribution is 7.14. The summed E-state index contributed by atoms with van der Waals surface area (Å²) in [6.07, 6.45) is -0.889. The third-order valence-corrected chi connectivity index (χ3v) is 4.42. The van der Waals surface area contributed by atoms with E-state index in [1.807, 2.05) is 41.8 Å². The van der Waals surface area contributed by atoms with Crippen LogP contribution in [0.2, 0.25) is 5.02 Å². The molecular formula is C18H15ClN2O3S. The van der Waals surface area contributed by atoms with Gasteiger partial charge in [-0.3, -0.25) is 0 Å². The quantitative estimate of drug-likeness (QED) is 0.631. The number of nitrogens with one attached hydrogen (secondary N) is 1. The number of hydrogen-bond acceptors (Lipinski definition) is 5. The molecule has 1 aromatic heterocycles. The van der Waals surface area contributed by atoms with Gasteiger partial charge in [0, 0.05) is 21.7 Å². The largest absolute Gasteiger partial charge is 0.479 e. The molecule has 0 saturated heterocycles. The van der Waals surface area contributed by atoms with Crippen molar-refractivity contribution in [3.63, 3.8) is 0 Å². The number of anilines is 2. The molecule has 0 aliphatic heterocycles. The molecule has 1 heterocycles. The lowest BCUT2D eigenvalue weighted by Crippen LogP contribution is -2.22. The maximum Gasteiger partial charge on any atom is 0.344 e. The van der Waals surface area contributed by atoms with Crippen LogP contribution in [-0.4, -0.2) is 22.2 Å². The molecule has 3 aromatic rings. The van der Waals surface area contributed by atoms with Crippen molar-refractivity contribution in [1.29, 1.82) is 0 Å². The van der Waals surface area contributed by atoms with Gasteiger partial charge in [0.15, 0.2) is 11.2 Å². The monoisotopic (exact) mass is 374 g/mol. The van der Waals surface area contributed by atoms with Crippen LogP contribution in [-0.2, 0) is 4.79 Å². The Labute approximate surface area is 153 Å². The molecule has 0 bridgehead atoms. The number of thiazole rings is 1. The number of carboxylic acids is 1. The molecule has 1 unspecified atom stereocenters. The van der Waals surface area contributed by atoms with Crippen LogP contribution in [0.3, 0.4) is 0 Å². The van der Waals surface area contributed by atoms with E-state index in [9.17, 15) is 4.79 Å². The number of carbonyl (C=O) groups is 1. The zero-order valence-electron chi connectivity index (χ0n) is 13.3. The Balaban J connectivity index is 1.69. The first-order valence-corrected chi connectivity index (χ1v) is 8.75. The normalized spacial score (nSPS) is 11.8. The van der Waals surface area contributed by atoms with E-state index >= 15 is 0 Å². The van der Waals surface area contributed by atoms with Crippen molar-refractivity contribution >= 4 is 39.7 Å². The van der Waals surface area contributed by atoms with E-state index in [1.54, 1.807) is 12.1 Å². The third-order valence-electron chi connectivity index (χ3n) is 3.41. The van der Waals surface area contributed by atoms with Gasteiger partial charge in [0.05, 0.1) is 5.69 Å². The molecule has 1 atom stereocenters. The summed E-state index contributed by atoms with van der Waals surface area (Å²) in [4.78, 5) is 15.4. The predicted octanol–water partition coefficient (Wildman–Crippen LogP) is 5.06. The fraction of sp³-hybridized carbons (Fsp3) is 0.111. The number of halogens is 1. The van der Waals surface area contributed by atoms with Gasteiger partial charge in [-0.15, -0.1) is 11.3 Å². The SMILES string of the molecule is CC(Oc1ccc(-c2csc(Nc3ccc(Cl)cc3)n2)cc1)C(=O)O. The average Bonchev–Trinajstić information content (AvgIpc) is 3.06. The second-order valence-electron chi connectivity index (χ2n) is 5.29. The predicted molar refractivity (Wildman–Crippen MR) is 100 cm³/mol. The molecule has 5 nitrogen and oxygen atoms in total. The maximum absolute atomic E-state index is 10.8. The van der Waals surface area contributed by atoms with Crippen LogP contribution in [0.4, 0.5) is 10.8 Å². The van der Waals surface area contributed by atoms with Gasteiger partial charge in [0.2, 0.25) is 0 Å². The molecule has 0 fully saturated rings. The molecule has 0 saturated carbocycles. The van der Waals surface area contributed by atoms with Crippen LogP contribution in [0.5, 0.6) is 5.75 Å². The minimum absolute atomic E-state index is 0.508. The molecule has 0 spiro atoms. The Morgan fingerprint density at radius 2 is 1.88 bits per heavy atom. The van der Waals surface area contributed by atoms with Gasteiger partial charge in [0.1, 0.15) is 5.75 Å². The first-order chi connectivity index (χ1) is 12.0. The Morgan fingerprint density at radius 1 is 1.20 bits per heavy atom. The number of hydrogen-bond donors (Lipinski definition) is 2. The average molecular weight is 375 g/mol. The van der Waals surface area contributed by atoms with Crippen molar-refractivity contribution in [2.24, 2.45) is 0 Å². The summed E-state index contributed by atoms with van der Waals surface area (Å²) in [6.45, 7) is 1.49. The zero-order chi connectivity index (χ0) is 17.8. The molecule has 3 rings (SSSR count). The Kier molecular flexibility index (Phi) is 5.21. The lowest BCUT2D eigenvalue weighted by Gasteiger charge is -2.10. The Bertz CT molecular complexity index is 863. The van der Waals surface area contributed by atoms with Crippen LogP contribution in [0, 0.1) is 0 Å². The summed E-state index contributed by atoms with van der Waals surface area (Å²) >= 11 is 7.37. The molecule has 0 amide bonds. The van der Waals surface area contributed by atoms with Gasteiger partial charge >= 0.3 is 5.97 Å². The van der Waals surface area contributed by atoms with Crippen molar-refractivity contribution in [3.8, 4) is 17.0 Å². The van der Waals surface area contributed by atoms with Crippen molar-refractivity contribution in [2.45, 2.75) is 13.0 Å². The standard InChI is InChI=1S/C18H15ClN2O3S/c1-11(17(22)23)24-15-8-2-12(3-9-15)16-10-25-18(21-16)20-14-6-4-13(19)5-7-14/h2-11H,1H3,(H,20,21)(H,22,23). The minimum Gasteiger partial charge on any atom is -0.479 e. The van der Waals surface area contributed by atoms with Crippen LogP contribution in [0.1, 0.15) is 6.92 Å². The molecule has 0 radical (unpaired) electrons. The summed E-state index contributed by atoms with van der Waals surface area (Å²) in [5.74, 6) is -0.491. The third kappa shape index (κ3) is 4.49. The van der Waals surface area contributed by atoms with E-state index < -0.39 is 12.1 Å². The van der Waals surface area contributed by atoms with Gasteiger partial charge in [-0.25, -0.2) is 9.78 Å². The number of nitrogens with zero attached hydrogens (tertiary/aromatic N) is 1. The van der Waals surface area contributed by atoms with E-state index in [1.165, 1.54) is 18.3 Å². The highest BCUT2D eigenvalue weighted by atomic mass is 35.5. The first kappa shape index (κ1) is 17.3. The molecule has 2 N–H and O–H groups in total. The van der Waals surface area contributed by atoms with Crippen molar-refractivity contribution in [3.05, 3.63) is 58.9 Å². The summed E-state index contributed by atoms with van der Waals surface area (Å²) in [6, 6.07) is 14.6. The second kappa shape index (κ2) is 7.55. The van der Waals surface area contributed by atoms with Crippen molar-refractivity contribution < 1.29 is 14.6 Å². The molecular weight excluding hydrogens is 360 g/mol. The fourth-order valence-corrected chi connectivity index (χ4v) is 2.95. The summed E-state index contributed by atoms with van der Waals surface area (Å²) in [7, 11) is 0. The van der Waals surface area contributed by atoms with Gasteiger partial charge < -0.3 is 15.2 Å². The van der Waals surface area contributed by atoms with Crippen LogP contribution < -0.4 is 10.1 Å². The zero-order valence-corrected chi connectivity index (χ0v) is 14.8. The topological polar surface area (TPSA) is 71.5 Å². The number of carboxylic acid groups (broad SMARTS) is 1. The maximum atomic E-state index is 10.8. The molecule has 2 aromatic carbocycles. The molecule has 128 valence electrons. The van der Waals surface area contributed by atoms with E-state index in [0.717, 1.165) is 22.1 Å². The van der Waals surface area contributed by atoms with Crippen LogP contribution in [0.25, 0.3) is 11.3 Å². The number of aromatic nitrogens is 1. The second-order valence-corrected chi connectivity index (χ2v) is 6.59. The van der Waals surface area contributed by atoms with Crippen molar-refractivity contribution in [1.82, 2.24) is 4.98 Å². The van der Waals surface area contributed by atoms with Crippen molar-refractivity contribution in [2.75, 3.05) is 5.32 Å². The van der Waals surface area contributed by atoms with Crippen LogP contribution >= 0.6 is 22.9 Å². The smallest absolute Gasteiger partial charge is 0.344 e. The lowest BCUT2D eigenvalue weighted by atomic mass is 10.2. The summed E-state index contributed by atoms with van der Waals surface area (Å²) in [5.41, 5.74) is 2.67. The number of benzene rings is 2. The molecule has 0 aliphatic rings. The fourth-order valence-electron chi connectivity index (χ4n) is 2.08. The molecule has 7 heteroatoms. The minimum atomic E-state index is -0.999.